The van der Waals surface area contributed by atoms with Gasteiger partial charge in [0, 0.05) is 52.0 Å². The summed E-state index contributed by atoms with van der Waals surface area (Å²) in [6.07, 6.45) is 1.68. The summed E-state index contributed by atoms with van der Waals surface area (Å²) in [6, 6.07) is 10.6. The van der Waals surface area contributed by atoms with Crippen LogP contribution in [0.1, 0.15) is 12.8 Å². The van der Waals surface area contributed by atoms with Gasteiger partial charge < -0.3 is 15.5 Å². The summed E-state index contributed by atoms with van der Waals surface area (Å²) in [5.41, 5.74) is 6.73. The van der Waals surface area contributed by atoms with Crippen molar-refractivity contribution in [2.24, 2.45) is 5.73 Å². The molecule has 2 aliphatic rings. The monoisotopic (exact) mass is 410 g/mol. The number of hydrogen-bond acceptors (Lipinski definition) is 4. The number of halogens is 3. The van der Waals surface area contributed by atoms with E-state index >= 15 is 0 Å². The Hall–Kier alpha value is -0.720. The Morgan fingerprint density at radius 2 is 1.64 bits per heavy atom. The predicted octanol–water partition coefficient (Wildman–Crippen LogP) is 2.02. The number of benzene rings is 1. The van der Waals surface area contributed by atoms with Crippen LogP contribution in [0, 0.1) is 0 Å². The maximum Gasteiger partial charge on any atom is 0.242 e. The van der Waals surface area contributed by atoms with Crippen LogP contribution in [0.15, 0.2) is 30.3 Å². The van der Waals surface area contributed by atoms with Crippen molar-refractivity contribution >= 4 is 48.8 Å². The first kappa shape index (κ1) is 24.3. The van der Waals surface area contributed by atoms with E-state index in [1.807, 2.05) is 7.05 Å². The predicted molar refractivity (Wildman–Crippen MR) is 111 cm³/mol. The van der Waals surface area contributed by atoms with Crippen LogP contribution in [0.25, 0.3) is 0 Å². The molecule has 0 unspecified atom stereocenters. The largest absolute Gasteiger partial charge is 0.369 e. The average molecular weight is 412 g/mol. The van der Waals surface area contributed by atoms with E-state index in [1.54, 1.807) is 4.90 Å². The van der Waals surface area contributed by atoms with Gasteiger partial charge in [-0.3, -0.25) is 9.69 Å². The minimum absolute atomic E-state index is 0. The van der Waals surface area contributed by atoms with E-state index in [9.17, 15) is 4.79 Å². The minimum Gasteiger partial charge on any atom is -0.369 e. The van der Waals surface area contributed by atoms with Gasteiger partial charge in [0.15, 0.2) is 0 Å². The van der Waals surface area contributed by atoms with Crippen molar-refractivity contribution in [3.05, 3.63) is 30.3 Å². The minimum atomic E-state index is -0.541. The zero-order chi connectivity index (χ0) is 15.6. The molecule has 1 saturated heterocycles. The number of hydrogen-bond donors (Lipinski definition) is 1. The Labute approximate surface area is 169 Å². The van der Waals surface area contributed by atoms with E-state index in [-0.39, 0.29) is 43.1 Å². The number of nitrogens with zero attached hydrogens (tertiary/aromatic N) is 3. The van der Waals surface area contributed by atoms with Gasteiger partial charge in [0.05, 0.1) is 5.54 Å². The Bertz CT molecular complexity index is 520. The molecule has 1 heterocycles. The van der Waals surface area contributed by atoms with Crippen molar-refractivity contribution in [1.82, 2.24) is 9.80 Å². The molecule has 1 amide bonds. The molecule has 1 saturated carbocycles. The first-order chi connectivity index (χ1) is 10.6. The summed E-state index contributed by atoms with van der Waals surface area (Å²) in [7, 11) is 1.87. The van der Waals surface area contributed by atoms with E-state index in [0.29, 0.717) is 0 Å². The third-order valence-electron chi connectivity index (χ3n) is 4.81. The molecule has 3 rings (SSSR count). The molecule has 0 bridgehead atoms. The number of para-hydroxylation sites is 1. The zero-order valence-electron chi connectivity index (χ0n) is 14.6. The summed E-state index contributed by atoms with van der Waals surface area (Å²) < 4.78 is 0. The summed E-state index contributed by atoms with van der Waals surface area (Å²) >= 11 is 0. The molecule has 1 aliphatic carbocycles. The van der Waals surface area contributed by atoms with Crippen LogP contribution in [0.2, 0.25) is 0 Å². The van der Waals surface area contributed by atoms with Crippen molar-refractivity contribution < 1.29 is 4.79 Å². The van der Waals surface area contributed by atoms with Crippen LogP contribution < -0.4 is 10.6 Å². The van der Waals surface area contributed by atoms with Crippen molar-refractivity contribution in [2.45, 2.75) is 18.4 Å². The fourth-order valence-electron chi connectivity index (χ4n) is 2.99. The number of nitrogens with two attached hydrogens (primary N) is 1. The highest BCUT2D eigenvalue weighted by Gasteiger charge is 2.47. The van der Waals surface area contributed by atoms with Gasteiger partial charge >= 0.3 is 0 Å². The molecule has 25 heavy (non-hydrogen) atoms. The summed E-state index contributed by atoms with van der Waals surface area (Å²) in [5.74, 6) is 0.107. The highest BCUT2D eigenvalue weighted by Crippen LogP contribution is 2.33. The molecule has 1 aromatic rings. The second kappa shape index (κ2) is 10.4. The standard InChI is InChI=1S/C17H26N4O.3ClH/c1-19(16(22)17(18)7-8-17)9-10-20-11-13-21(14-12-20)15-5-3-2-4-6-15;;;/h2-6H,7-14,18H2,1H3;3*1H. The molecule has 0 spiro atoms. The number of anilines is 1. The van der Waals surface area contributed by atoms with Crippen LogP contribution >= 0.6 is 37.2 Å². The van der Waals surface area contributed by atoms with Gasteiger partial charge in [0.25, 0.3) is 0 Å². The first-order valence-electron chi connectivity index (χ1n) is 8.15. The van der Waals surface area contributed by atoms with E-state index in [1.165, 1.54) is 5.69 Å². The number of piperazine rings is 1. The molecular formula is C17H29Cl3N4O. The molecule has 2 N–H and O–H groups in total. The Kier molecular flexibility index (Phi) is 10.1. The van der Waals surface area contributed by atoms with Crippen LogP contribution in [0.4, 0.5) is 5.69 Å². The number of carbonyl (C=O) groups excluding carboxylic acids is 1. The van der Waals surface area contributed by atoms with E-state index in [2.05, 4.69) is 40.1 Å². The normalized spacial score (nSPS) is 18.2. The smallest absolute Gasteiger partial charge is 0.242 e. The lowest BCUT2D eigenvalue weighted by atomic mass is 10.2. The summed E-state index contributed by atoms with van der Waals surface area (Å²) in [6.45, 7) is 5.88. The van der Waals surface area contributed by atoms with Crippen molar-refractivity contribution in [3.8, 4) is 0 Å². The summed E-state index contributed by atoms with van der Waals surface area (Å²) in [5, 5.41) is 0. The van der Waals surface area contributed by atoms with Gasteiger partial charge in [-0.25, -0.2) is 0 Å². The third kappa shape index (κ3) is 6.19. The molecule has 1 aromatic carbocycles. The Balaban J connectivity index is 0.00000192. The summed E-state index contributed by atoms with van der Waals surface area (Å²) in [4.78, 5) is 18.8. The van der Waals surface area contributed by atoms with Gasteiger partial charge in [0.2, 0.25) is 5.91 Å². The van der Waals surface area contributed by atoms with Crippen LogP contribution in [-0.4, -0.2) is 67.6 Å². The lowest BCUT2D eigenvalue weighted by Crippen LogP contribution is -2.50. The maximum absolute atomic E-state index is 12.1. The SMILES string of the molecule is CN(CCN1CCN(c2ccccc2)CC1)C(=O)C1(N)CC1.Cl.Cl.Cl. The van der Waals surface area contributed by atoms with Crippen LogP contribution in [-0.2, 0) is 4.79 Å². The quantitative estimate of drug-likeness (QED) is 0.805. The molecule has 2 fully saturated rings. The molecule has 0 atom stereocenters. The highest BCUT2D eigenvalue weighted by molar-refractivity contribution is 5.88. The molecule has 0 radical (unpaired) electrons. The number of carbonyl (C=O) groups is 1. The number of amides is 1. The maximum atomic E-state index is 12.1. The van der Waals surface area contributed by atoms with Gasteiger partial charge in [-0.15, -0.1) is 37.2 Å². The van der Waals surface area contributed by atoms with Gasteiger partial charge in [0.1, 0.15) is 0 Å². The molecule has 144 valence electrons. The van der Waals surface area contributed by atoms with Crippen LogP contribution in [0.5, 0.6) is 0 Å². The fourth-order valence-corrected chi connectivity index (χ4v) is 2.99. The first-order valence-corrected chi connectivity index (χ1v) is 8.15. The fraction of sp³-hybridized carbons (Fsp3) is 0.588. The molecule has 8 heteroatoms. The van der Waals surface area contributed by atoms with Gasteiger partial charge in [-0.1, -0.05) is 18.2 Å². The number of rotatable bonds is 5. The van der Waals surface area contributed by atoms with Crippen LogP contribution in [0.3, 0.4) is 0 Å². The van der Waals surface area contributed by atoms with Crippen molar-refractivity contribution in [2.75, 3.05) is 51.2 Å². The molecular weight excluding hydrogens is 383 g/mol. The van der Waals surface area contributed by atoms with Gasteiger partial charge in [-0.2, -0.15) is 0 Å². The topological polar surface area (TPSA) is 52.8 Å². The van der Waals surface area contributed by atoms with Crippen molar-refractivity contribution in [1.29, 1.82) is 0 Å². The van der Waals surface area contributed by atoms with E-state index in [4.69, 9.17) is 5.73 Å². The number of likely N-dealkylation sites (N-methyl/N-ethyl adjacent to an activating group) is 1. The second-order valence-electron chi connectivity index (χ2n) is 6.55. The zero-order valence-corrected chi connectivity index (χ0v) is 17.0. The molecule has 1 aliphatic heterocycles. The third-order valence-corrected chi connectivity index (χ3v) is 4.81. The average Bonchev–Trinajstić information content (AvgIpc) is 3.32. The highest BCUT2D eigenvalue weighted by atomic mass is 35.5. The molecule has 5 nitrogen and oxygen atoms in total. The molecule has 0 aromatic heterocycles. The second-order valence-corrected chi connectivity index (χ2v) is 6.55. The lowest BCUT2D eigenvalue weighted by Gasteiger charge is -2.36. The van der Waals surface area contributed by atoms with Crippen molar-refractivity contribution in [3.63, 3.8) is 0 Å². The van der Waals surface area contributed by atoms with E-state index in [0.717, 1.165) is 52.1 Å². The Morgan fingerprint density at radius 1 is 1.08 bits per heavy atom. The van der Waals surface area contributed by atoms with E-state index < -0.39 is 5.54 Å². The Morgan fingerprint density at radius 3 is 2.16 bits per heavy atom. The lowest BCUT2D eigenvalue weighted by molar-refractivity contribution is -0.132. The van der Waals surface area contributed by atoms with Gasteiger partial charge in [-0.05, 0) is 25.0 Å².